The van der Waals surface area contributed by atoms with E-state index in [1.807, 2.05) is 24.3 Å². The van der Waals surface area contributed by atoms with Gasteiger partial charge in [0, 0.05) is 17.6 Å². The molecule has 5 nitrogen and oxygen atoms in total. The van der Waals surface area contributed by atoms with E-state index in [1.165, 1.54) is 21.9 Å². The van der Waals surface area contributed by atoms with Gasteiger partial charge in [-0.05, 0) is 58.1 Å². The van der Waals surface area contributed by atoms with Crippen LogP contribution in [0.25, 0.3) is 10.8 Å². The molecule has 0 saturated heterocycles. The lowest BCUT2D eigenvalue weighted by Crippen LogP contribution is -2.27. The average molecular weight is 536 g/mol. The summed E-state index contributed by atoms with van der Waals surface area (Å²) in [4.78, 5) is 2.45. The van der Waals surface area contributed by atoms with E-state index in [0.717, 1.165) is 35.4 Å². The minimum absolute atomic E-state index is 0.664. The zero-order chi connectivity index (χ0) is 24.7. The van der Waals surface area contributed by atoms with Crippen LogP contribution in [0.4, 0.5) is 0 Å². The average Bonchev–Trinajstić information content (AvgIpc) is 3.35. The molecule has 0 aliphatic carbocycles. The van der Waals surface area contributed by atoms with Crippen molar-refractivity contribution in [2.75, 3.05) is 6.54 Å². The first-order valence-electron chi connectivity index (χ1n) is 12.0. The molecule has 6 heteroatoms. The van der Waals surface area contributed by atoms with Crippen LogP contribution in [-0.4, -0.2) is 26.2 Å². The van der Waals surface area contributed by atoms with E-state index < -0.39 is 0 Å². The third-order valence-electron chi connectivity index (χ3n) is 6.40. The van der Waals surface area contributed by atoms with Crippen LogP contribution in [0, 0.1) is 11.3 Å². The van der Waals surface area contributed by atoms with E-state index in [2.05, 4.69) is 108 Å². The maximum atomic E-state index is 9.08. The van der Waals surface area contributed by atoms with Gasteiger partial charge in [0.15, 0.2) is 0 Å². The molecule has 178 valence electrons. The maximum Gasteiger partial charge on any atom is 0.147 e. The number of nitrogens with zero attached hydrogens (tertiary/aromatic N) is 5. The van der Waals surface area contributed by atoms with Crippen LogP contribution in [0.3, 0.4) is 0 Å². The highest BCUT2D eigenvalue weighted by molar-refractivity contribution is 9.10. The van der Waals surface area contributed by atoms with E-state index in [9.17, 15) is 0 Å². The van der Waals surface area contributed by atoms with Crippen LogP contribution in [0.15, 0.2) is 102 Å². The summed E-state index contributed by atoms with van der Waals surface area (Å²) in [5.74, 6) is 0.926. The Morgan fingerprint density at radius 3 is 2.39 bits per heavy atom. The highest BCUT2D eigenvalue weighted by atomic mass is 79.9. The van der Waals surface area contributed by atoms with Gasteiger partial charge in [0.1, 0.15) is 12.2 Å². The molecule has 4 aromatic carbocycles. The van der Waals surface area contributed by atoms with E-state index in [-0.39, 0.29) is 0 Å². The molecule has 36 heavy (non-hydrogen) atoms. The fourth-order valence-corrected chi connectivity index (χ4v) is 4.70. The lowest BCUT2D eigenvalue weighted by Gasteiger charge is -2.23. The molecule has 0 saturated carbocycles. The number of halogens is 1. The van der Waals surface area contributed by atoms with Crippen molar-refractivity contribution in [3.05, 3.63) is 130 Å². The smallest absolute Gasteiger partial charge is 0.147 e. The SMILES string of the molecule is N#Cc1ccc(Cn2cnnc2CN(CCc2ccc(Br)cc2)Cc2cccc3ccccc23)cc1. The fourth-order valence-electron chi connectivity index (χ4n) is 4.44. The minimum atomic E-state index is 0.664. The van der Waals surface area contributed by atoms with Crippen molar-refractivity contribution in [3.8, 4) is 6.07 Å². The molecule has 0 aliphatic rings. The Bertz CT molecular complexity index is 1480. The van der Waals surface area contributed by atoms with Crippen molar-refractivity contribution in [1.82, 2.24) is 19.7 Å². The summed E-state index contributed by atoms with van der Waals surface area (Å²) in [7, 11) is 0. The van der Waals surface area contributed by atoms with E-state index in [1.54, 1.807) is 6.33 Å². The molecule has 0 radical (unpaired) electrons. The van der Waals surface area contributed by atoms with Crippen molar-refractivity contribution >= 4 is 26.7 Å². The summed E-state index contributed by atoms with van der Waals surface area (Å²) >= 11 is 3.53. The topological polar surface area (TPSA) is 57.7 Å². The number of aromatic nitrogens is 3. The van der Waals surface area contributed by atoms with E-state index in [4.69, 9.17) is 5.26 Å². The summed E-state index contributed by atoms with van der Waals surface area (Å²) in [5, 5.41) is 20.3. The van der Waals surface area contributed by atoms with Gasteiger partial charge in [-0.15, -0.1) is 10.2 Å². The van der Waals surface area contributed by atoms with Crippen LogP contribution in [0.1, 0.15) is 28.1 Å². The minimum Gasteiger partial charge on any atom is -0.312 e. The molecule has 0 atom stereocenters. The van der Waals surface area contributed by atoms with Gasteiger partial charge in [-0.3, -0.25) is 4.90 Å². The van der Waals surface area contributed by atoms with Gasteiger partial charge in [-0.25, -0.2) is 0 Å². The van der Waals surface area contributed by atoms with E-state index >= 15 is 0 Å². The quantitative estimate of drug-likeness (QED) is 0.220. The Labute approximate surface area is 219 Å². The van der Waals surface area contributed by atoms with Gasteiger partial charge >= 0.3 is 0 Å². The highest BCUT2D eigenvalue weighted by Crippen LogP contribution is 2.21. The first-order chi connectivity index (χ1) is 17.7. The highest BCUT2D eigenvalue weighted by Gasteiger charge is 2.14. The monoisotopic (exact) mass is 535 g/mol. The molecule has 5 aromatic rings. The largest absolute Gasteiger partial charge is 0.312 e. The third kappa shape index (κ3) is 5.88. The number of nitriles is 1. The Morgan fingerprint density at radius 1 is 0.833 bits per heavy atom. The predicted molar refractivity (Wildman–Crippen MR) is 146 cm³/mol. The van der Waals surface area contributed by atoms with Crippen molar-refractivity contribution in [2.45, 2.75) is 26.1 Å². The van der Waals surface area contributed by atoms with Gasteiger partial charge in [-0.2, -0.15) is 5.26 Å². The number of rotatable bonds is 9. The maximum absolute atomic E-state index is 9.08. The second-order valence-electron chi connectivity index (χ2n) is 8.91. The van der Waals surface area contributed by atoms with Crippen molar-refractivity contribution < 1.29 is 0 Å². The molecule has 0 amide bonds. The summed E-state index contributed by atoms with van der Waals surface area (Å²) in [6.07, 6.45) is 2.74. The van der Waals surface area contributed by atoms with Crippen molar-refractivity contribution in [1.29, 1.82) is 5.26 Å². The number of hydrogen-bond acceptors (Lipinski definition) is 4. The van der Waals surface area contributed by atoms with Gasteiger partial charge < -0.3 is 4.57 Å². The zero-order valence-electron chi connectivity index (χ0n) is 19.9. The van der Waals surface area contributed by atoms with Crippen LogP contribution in [0.2, 0.25) is 0 Å². The number of hydrogen-bond donors (Lipinski definition) is 0. The molecule has 1 aromatic heterocycles. The van der Waals surface area contributed by atoms with Gasteiger partial charge in [-0.1, -0.05) is 82.7 Å². The fraction of sp³-hybridized carbons (Fsp3) is 0.167. The molecule has 0 aliphatic heterocycles. The first kappa shape index (κ1) is 23.9. The summed E-state index contributed by atoms with van der Waals surface area (Å²) in [6.45, 7) is 3.08. The standard InChI is InChI=1S/C30H26BrN5/c31-28-14-12-23(13-15-28)16-17-35(20-27-6-3-5-26-4-1-2-7-29(26)27)21-30-34-33-22-36(30)19-25-10-8-24(18-32)9-11-25/h1-15,22H,16-17,19-21H2. The molecule has 0 fully saturated rings. The Morgan fingerprint density at radius 2 is 1.58 bits per heavy atom. The normalized spacial score (nSPS) is 11.1. The Kier molecular flexibility index (Phi) is 7.51. The molecule has 0 N–H and O–H groups in total. The van der Waals surface area contributed by atoms with Gasteiger partial charge in [0.2, 0.25) is 0 Å². The van der Waals surface area contributed by atoms with Crippen molar-refractivity contribution in [2.24, 2.45) is 0 Å². The lowest BCUT2D eigenvalue weighted by atomic mass is 10.0. The molecule has 0 spiro atoms. The second kappa shape index (κ2) is 11.3. The second-order valence-corrected chi connectivity index (χ2v) is 9.82. The summed E-state index contributed by atoms with van der Waals surface area (Å²) in [5.41, 5.74) is 4.39. The lowest BCUT2D eigenvalue weighted by molar-refractivity contribution is 0.251. The first-order valence-corrected chi connectivity index (χ1v) is 12.8. The third-order valence-corrected chi connectivity index (χ3v) is 6.93. The summed E-state index contributed by atoms with van der Waals surface area (Å²) < 4.78 is 3.19. The number of fused-ring (bicyclic) bond motifs is 1. The van der Waals surface area contributed by atoms with Crippen LogP contribution in [0.5, 0.6) is 0 Å². The van der Waals surface area contributed by atoms with Gasteiger partial charge in [0.25, 0.3) is 0 Å². The Hall–Kier alpha value is -3.79. The molecule has 0 unspecified atom stereocenters. The molecule has 5 rings (SSSR count). The molecule has 1 heterocycles. The zero-order valence-corrected chi connectivity index (χ0v) is 21.5. The molecular formula is C30H26BrN5. The van der Waals surface area contributed by atoms with Crippen molar-refractivity contribution in [3.63, 3.8) is 0 Å². The van der Waals surface area contributed by atoms with Crippen LogP contribution in [-0.2, 0) is 26.1 Å². The van der Waals surface area contributed by atoms with Gasteiger partial charge in [0.05, 0.1) is 24.7 Å². The van der Waals surface area contributed by atoms with Crippen LogP contribution >= 0.6 is 15.9 Å². The van der Waals surface area contributed by atoms with E-state index in [0.29, 0.717) is 18.7 Å². The predicted octanol–water partition coefficient (Wildman–Crippen LogP) is 6.36. The summed E-state index contributed by atoms with van der Waals surface area (Å²) in [6, 6.07) is 33.5. The molecular weight excluding hydrogens is 510 g/mol. The number of benzene rings is 4. The molecule has 0 bridgehead atoms. The Balaban J connectivity index is 1.38. The van der Waals surface area contributed by atoms with Crippen LogP contribution < -0.4 is 0 Å².